The van der Waals surface area contributed by atoms with Crippen molar-refractivity contribution >= 4 is 53.0 Å². The lowest BCUT2D eigenvalue weighted by Crippen LogP contribution is -2.54. The van der Waals surface area contributed by atoms with Gasteiger partial charge in [-0.2, -0.15) is 0 Å². The summed E-state index contributed by atoms with van der Waals surface area (Å²) in [6.45, 7) is 19.9. The molecule has 2 saturated heterocycles. The lowest BCUT2D eigenvalue weighted by Gasteiger charge is -2.36. The SMILES string of the molecule is CN[C@@H](CC(C)(C)F)C(=O)O[C@H](Cc1ccc(N2CCOCC2)cc1)C(=O)N(C)[C@@H](CC(C)C)C(=O)O[C@H](C)C(=O)N(C)C(CC(C)(C)F)C(=O)O[C@H](Cc1ccc(N2CCOCC2)cc1)C(=O)N(C)[C@@H](CC(C)C)C(O)O[C@H](C)C(=O)OCc1ccccc1. The number of ether oxygens (including phenoxy) is 7. The Morgan fingerprint density at radius 2 is 1.00 bits per heavy atom. The number of hydrogen-bond acceptors (Lipinski definition) is 18. The molecular formula is C67H98F2N6O15. The highest BCUT2D eigenvalue weighted by Gasteiger charge is 2.43. The highest BCUT2D eigenvalue weighted by Crippen LogP contribution is 2.28. The number of nitrogens with zero attached hydrogens (tertiary/aromatic N) is 5. The minimum Gasteiger partial charge on any atom is -0.459 e. The van der Waals surface area contributed by atoms with Crippen LogP contribution >= 0.6 is 0 Å². The van der Waals surface area contributed by atoms with Gasteiger partial charge in [0.2, 0.25) is 0 Å². The van der Waals surface area contributed by atoms with Crippen LogP contribution in [0.25, 0.3) is 0 Å². The second-order valence-corrected chi connectivity index (χ2v) is 25.5. The van der Waals surface area contributed by atoms with Crippen molar-refractivity contribution in [1.82, 2.24) is 20.0 Å². The molecule has 500 valence electrons. The first-order chi connectivity index (χ1) is 42.4. The summed E-state index contributed by atoms with van der Waals surface area (Å²) in [4.78, 5) is 108. The van der Waals surface area contributed by atoms with Crippen molar-refractivity contribution in [2.75, 3.05) is 90.6 Å². The molecule has 0 saturated carbocycles. The molecule has 3 amide bonds. The molecule has 3 aromatic rings. The third-order valence-electron chi connectivity index (χ3n) is 15.8. The van der Waals surface area contributed by atoms with Crippen LogP contribution in [-0.2, 0) is 86.2 Å². The van der Waals surface area contributed by atoms with Gasteiger partial charge in [0.1, 0.15) is 36.1 Å². The number of rotatable bonds is 33. The molecule has 0 spiro atoms. The average Bonchev–Trinajstić information content (AvgIpc) is 1.59. The number of aliphatic hydroxyl groups is 1. The average molecular weight is 1270 g/mol. The zero-order chi connectivity index (χ0) is 66.6. The van der Waals surface area contributed by atoms with Crippen molar-refractivity contribution in [1.29, 1.82) is 0 Å². The molecule has 90 heavy (non-hydrogen) atoms. The summed E-state index contributed by atoms with van der Waals surface area (Å²) >= 11 is 0. The fourth-order valence-corrected chi connectivity index (χ4v) is 10.7. The molecular weight excluding hydrogens is 1170 g/mol. The summed E-state index contributed by atoms with van der Waals surface area (Å²) in [5, 5.41) is 14.5. The molecule has 0 aliphatic carbocycles. The minimum atomic E-state index is -2.13. The quantitative estimate of drug-likeness (QED) is 0.0362. The number of esters is 4. The van der Waals surface area contributed by atoms with Crippen LogP contribution in [0.1, 0.15) is 112 Å². The maximum atomic E-state index is 16.0. The highest BCUT2D eigenvalue weighted by molar-refractivity contribution is 5.92. The molecule has 0 aromatic heterocycles. The van der Waals surface area contributed by atoms with Crippen LogP contribution in [0.4, 0.5) is 20.2 Å². The van der Waals surface area contributed by atoms with Crippen molar-refractivity contribution in [3.8, 4) is 0 Å². The Morgan fingerprint density at radius 3 is 1.46 bits per heavy atom. The fourth-order valence-electron chi connectivity index (χ4n) is 10.7. The fraction of sp³-hybridized carbons (Fsp3) is 0.627. The number of alkyl halides is 2. The van der Waals surface area contributed by atoms with Gasteiger partial charge < -0.3 is 68.1 Å². The van der Waals surface area contributed by atoms with E-state index in [1.54, 1.807) is 48.5 Å². The largest absolute Gasteiger partial charge is 0.459 e. The molecule has 2 fully saturated rings. The lowest BCUT2D eigenvalue weighted by atomic mass is 9.98. The Bertz CT molecular complexity index is 2770. The van der Waals surface area contributed by atoms with Gasteiger partial charge in [-0.25, -0.2) is 23.2 Å². The molecule has 9 atom stereocenters. The van der Waals surface area contributed by atoms with Crippen LogP contribution in [-0.4, -0.2) is 208 Å². The third-order valence-corrected chi connectivity index (χ3v) is 15.8. The van der Waals surface area contributed by atoms with E-state index in [2.05, 4.69) is 15.1 Å². The Kier molecular flexibility index (Phi) is 28.4. The van der Waals surface area contributed by atoms with Crippen molar-refractivity contribution < 1.29 is 80.6 Å². The first-order valence-electron chi connectivity index (χ1n) is 31.2. The predicted molar refractivity (Wildman–Crippen MR) is 336 cm³/mol. The molecule has 2 heterocycles. The van der Waals surface area contributed by atoms with Gasteiger partial charge in [0.25, 0.3) is 17.7 Å². The number of amides is 3. The number of halogens is 2. The standard InChI is InChI=1S/C67H98F2N6O15/c1-43(2)36-53(71(12)59(77)56(89-62(80)52(70-11)40-66(7,8)68)38-47-20-24-50(25-21-47)74-28-32-84-33-29-74)63(81)87-45(5)58(76)73(14)55(41-67(9,10)69)65(83)90-57(39-48-22-26-51(27-23-48)75-30-34-85-35-31-75)60(78)72(13)54(37-44(3)4)64(82)88-46(6)61(79)86-42-49-18-16-15-17-19-49/h15-27,43-46,52-57,64,70,82H,28-42H2,1-14H3/t45-,46-,52+,53+,54+,55?,56-,57-,64?/m1/s1. The van der Waals surface area contributed by atoms with E-state index < -0.39 is 114 Å². The molecule has 2 N–H and O–H groups in total. The number of likely N-dealkylation sites (N-methyl/N-ethyl adjacent to an activating group) is 4. The zero-order valence-electron chi connectivity index (χ0n) is 55.1. The second kappa shape index (κ2) is 34.6. The smallest absolute Gasteiger partial charge is 0.335 e. The maximum Gasteiger partial charge on any atom is 0.335 e. The van der Waals surface area contributed by atoms with E-state index >= 15 is 9.18 Å². The minimum absolute atomic E-state index is 0.0220. The number of carbonyl (C=O) groups excluding carboxylic acids is 7. The van der Waals surface area contributed by atoms with Gasteiger partial charge >= 0.3 is 23.9 Å². The molecule has 23 heteroatoms. The first kappa shape index (κ1) is 73.9. The van der Waals surface area contributed by atoms with Gasteiger partial charge in [-0.15, -0.1) is 0 Å². The molecule has 2 aliphatic rings. The summed E-state index contributed by atoms with van der Waals surface area (Å²) in [6.07, 6.45) is -8.86. The number of hydrogen-bond donors (Lipinski definition) is 2. The molecule has 0 radical (unpaired) electrons. The van der Waals surface area contributed by atoms with Crippen molar-refractivity contribution in [2.24, 2.45) is 11.8 Å². The number of nitrogens with one attached hydrogen (secondary N) is 1. The van der Waals surface area contributed by atoms with E-state index in [1.165, 1.54) is 74.6 Å². The molecule has 3 aromatic carbocycles. The van der Waals surface area contributed by atoms with E-state index in [0.29, 0.717) is 63.7 Å². The summed E-state index contributed by atoms with van der Waals surface area (Å²) in [6, 6.07) is 18.4. The number of anilines is 2. The Labute approximate surface area is 530 Å². The Hall–Kier alpha value is -6.79. The van der Waals surface area contributed by atoms with E-state index in [4.69, 9.17) is 33.2 Å². The summed E-state index contributed by atoms with van der Waals surface area (Å²) in [5.41, 5.74) is -0.164. The predicted octanol–water partition coefficient (Wildman–Crippen LogP) is 6.80. The van der Waals surface area contributed by atoms with Crippen LogP contribution < -0.4 is 15.1 Å². The lowest BCUT2D eigenvalue weighted by molar-refractivity contribution is -0.197. The molecule has 0 bridgehead atoms. The van der Waals surface area contributed by atoms with Gasteiger partial charge in [-0.3, -0.25) is 19.2 Å². The monoisotopic (exact) mass is 1260 g/mol. The second-order valence-electron chi connectivity index (χ2n) is 25.5. The van der Waals surface area contributed by atoms with E-state index in [9.17, 15) is 38.3 Å². The first-order valence-corrected chi connectivity index (χ1v) is 31.2. The van der Waals surface area contributed by atoms with Gasteiger partial charge in [0.05, 0.1) is 32.5 Å². The number of benzene rings is 3. The van der Waals surface area contributed by atoms with Crippen LogP contribution in [0.15, 0.2) is 78.9 Å². The van der Waals surface area contributed by atoms with Crippen molar-refractivity contribution in [3.05, 3.63) is 95.6 Å². The van der Waals surface area contributed by atoms with Gasteiger partial charge in [0, 0.05) is 84.4 Å². The van der Waals surface area contributed by atoms with E-state index in [1.807, 2.05) is 58.0 Å². The summed E-state index contributed by atoms with van der Waals surface area (Å²) < 4.78 is 71.2. The maximum absolute atomic E-state index is 16.0. The Morgan fingerprint density at radius 1 is 0.556 bits per heavy atom. The van der Waals surface area contributed by atoms with Gasteiger partial charge in [0.15, 0.2) is 30.7 Å². The zero-order valence-corrected chi connectivity index (χ0v) is 55.1. The van der Waals surface area contributed by atoms with Crippen LogP contribution in [0.5, 0.6) is 0 Å². The van der Waals surface area contributed by atoms with Crippen molar-refractivity contribution in [2.45, 2.75) is 181 Å². The topological polar surface area (TPSA) is 233 Å². The molecule has 5 rings (SSSR count). The van der Waals surface area contributed by atoms with Crippen LogP contribution in [0.2, 0.25) is 0 Å². The molecule has 21 nitrogen and oxygen atoms in total. The number of morpholine rings is 2. The van der Waals surface area contributed by atoms with Gasteiger partial charge in [-0.05, 0) is 114 Å². The Balaban J connectivity index is 1.40. The highest BCUT2D eigenvalue weighted by atomic mass is 19.1. The van der Waals surface area contributed by atoms with Gasteiger partial charge in [-0.1, -0.05) is 82.3 Å². The van der Waals surface area contributed by atoms with Crippen LogP contribution in [0.3, 0.4) is 0 Å². The van der Waals surface area contributed by atoms with E-state index in [0.717, 1.165) is 26.7 Å². The number of carbonyl (C=O) groups is 7. The molecule has 2 aliphatic heterocycles. The summed E-state index contributed by atoms with van der Waals surface area (Å²) in [5.74, 6) is -6.74. The molecule has 2 unspecified atom stereocenters. The third kappa shape index (κ3) is 23.2. The van der Waals surface area contributed by atoms with Crippen molar-refractivity contribution in [3.63, 3.8) is 0 Å². The van der Waals surface area contributed by atoms with E-state index in [-0.39, 0.29) is 50.5 Å². The summed E-state index contributed by atoms with van der Waals surface area (Å²) in [7, 11) is 5.44. The van der Waals surface area contributed by atoms with Crippen LogP contribution in [0, 0.1) is 11.8 Å². The number of aliphatic hydroxyl groups excluding tert-OH is 1. The normalized spacial score (nSPS) is 17.0.